The van der Waals surface area contributed by atoms with Crippen molar-refractivity contribution in [3.05, 3.63) is 33.1 Å². The molecule has 9 heteroatoms. The topological polar surface area (TPSA) is 151 Å². The van der Waals surface area contributed by atoms with Crippen LogP contribution in [0.15, 0.2) is 21.9 Å². The van der Waals surface area contributed by atoms with E-state index in [1.165, 1.54) is 0 Å². The van der Waals surface area contributed by atoms with Crippen LogP contribution in [0.25, 0.3) is 0 Å². The molecule has 1 aliphatic rings. The summed E-state index contributed by atoms with van der Waals surface area (Å²) in [5, 5.41) is 29.1. The third-order valence-electron chi connectivity index (χ3n) is 3.25. The maximum Gasteiger partial charge on any atom is 0.330 e. The highest BCUT2D eigenvalue weighted by molar-refractivity contribution is 5.02. The van der Waals surface area contributed by atoms with Gasteiger partial charge in [-0.25, -0.2) is 4.79 Å². The molecule has 2 rings (SSSR count). The summed E-state index contributed by atoms with van der Waals surface area (Å²) < 4.78 is 6.26. The van der Waals surface area contributed by atoms with Crippen molar-refractivity contribution in [1.82, 2.24) is 9.55 Å². The van der Waals surface area contributed by atoms with Crippen LogP contribution < -0.4 is 17.0 Å². The fourth-order valence-electron chi connectivity index (χ4n) is 2.06. The summed E-state index contributed by atoms with van der Waals surface area (Å²) in [6.07, 6.45) is -3.02. The first-order valence-electron chi connectivity index (χ1n) is 5.61. The Bertz CT molecular complexity index is 563. The first-order chi connectivity index (χ1) is 8.95. The monoisotopic (exact) mass is 273 g/mol. The Kier molecular flexibility index (Phi) is 3.56. The van der Waals surface area contributed by atoms with Gasteiger partial charge in [-0.1, -0.05) is 0 Å². The van der Waals surface area contributed by atoms with Crippen molar-refractivity contribution in [2.45, 2.75) is 24.0 Å². The Morgan fingerprint density at radius 1 is 1.47 bits per heavy atom. The van der Waals surface area contributed by atoms with E-state index in [0.29, 0.717) is 0 Å². The average molecular weight is 273 g/mol. The largest absolute Gasteiger partial charge is 0.393 e. The number of H-pyrrole nitrogens is 1. The normalized spacial score (nSPS) is 34.6. The molecular formula is C10H15N3O6. The van der Waals surface area contributed by atoms with Crippen molar-refractivity contribution in [2.75, 3.05) is 13.2 Å². The zero-order valence-electron chi connectivity index (χ0n) is 9.89. The van der Waals surface area contributed by atoms with Crippen molar-refractivity contribution in [2.24, 2.45) is 5.73 Å². The highest BCUT2D eigenvalue weighted by atomic mass is 16.6. The van der Waals surface area contributed by atoms with E-state index >= 15 is 0 Å². The fourth-order valence-corrected chi connectivity index (χ4v) is 2.06. The molecule has 0 radical (unpaired) electrons. The minimum atomic E-state index is -1.54. The molecule has 6 N–H and O–H groups in total. The summed E-state index contributed by atoms with van der Waals surface area (Å²) in [6, 6.07) is 1.07. The van der Waals surface area contributed by atoms with Gasteiger partial charge in [-0.15, -0.1) is 0 Å². The van der Waals surface area contributed by atoms with Crippen LogP contribution >= 0.6 is 0 Å². The molecule has 0 aliphatic carbocycles. The van der Waals surface area contributed by atoms with Gasteiger partial charge in [-0.3, -0.25) is 14.3 Å². The van der Waals surface area contributed by atoms with Gasteiger partial charge in [0.1, 0.15) is 17.8 Å². The van der Waals surface area contributed by atoms with Crippen LogP contribution in [0.1, 0.15) is 6.23 Å². The third kappa shape index (κ3) is 2.11. The van der Waals surface area contributed by atoms with Crippen LogP contribution in [0.2, 0.25) is 0 Å². The number of aliphatic hydroxyl groups excluding tert-OH is 3. The van der Waals surface area contributed by atoms with Crippen molar-refractivity contribution in [1.29, 1.82) is 0 Å². The van der Waals surface area contributed by atoms with Gasteiger partial charge in [0.25, 0.3) is 5.56 Å². The highest BCUT2D eigenvalue weighted by Crippen LogP contribution is 2.35. The van der Waals surface area contributed by atoms with Gasteiger partial charge in [0.15, 0.2) is 6.23 Å². The number of nitrogens with two attached hydrogens (primary N) is 1. The number of ether oxygens (including phenoxy) is 1. The second-order valence-electron chi connectivity index (χ2n) is 4.39. The van der Waals surface area contributed by atoms with E-state index in [9.17, 15) is 24.9 Å². The predicted molar refractivity (Wildman–Crippen MR) is 62.3 cm³/mol. The van der Waals surface area contributed by atoms with E-state index < -0.39 is 41.9 Å². The SMILES string of the molecule is NC[C@]1(CO)O[C@@H](n2ccc(=O)[nH]c2=O)[C@H](O)[C@@H]1O. The minimum Gasteiger partial charge on any atom is -0.393 e. The van der Waals surface area contributed by atoms with E-state index in [1.54, 1.807) is 0 Å². The van der Waals surface area contributed by atoms with Crippen molar-refractivity contribution in [3.8, 4) is 0 Å². The molecule has 1 aromatic rings. The van der Waals surface area contributed by atoms with Gasteiger partial charge in [0.2, 0.25) is 0 Å². The number of aromatic amines is 1. The zero-order valence-corrected chi connectivity index (χ0v) is 9.89. The van der Waals surface area contributed by atoms with E-state index in [2.05, 4.69) is 0 Å². The summed E-state index contributed by atoms with van der Waals surface area (Å²) in [6.45, 7) is -0.855. The van der Waals surface area contributed by atoms with Crippen LogP contribution in [-0.2, 0) is 4.74 Å². The maximum atomic E-state index is 11.6. The Balaban J connectivity index is 2.42. The Morgan fingerprint density at radius 2 is 2.16 bits per heavy atom. The van der Waals surface area contributed by atoms with Crippen molar-refractivity contribution < 1.29 is 20.1 Å². The minimum absolute atomic E-state index is 0.240. The first kappa shape index (κ1) is 13.9. The molecule has 2 heterocycles. The summed E-state index contributed by atoms with van der Waals surface area (Å²) in [4.78, 5) is 24.6. The Labute approximate surface area is 106 Å². The summed E-state index contributed by atoms with van der Waals surface area (Å²) >= 11 is 0. The summed E-state index contributed by atoms with van der Waals surface area (Å²) in [7, 11) is 0. The second-order valence-corrected chi connectivity index (χ2v) is 4.39. The van der Waals surface area contributed by atoms with Gasteiger partial charge < -0.3 is 25.8 Å². The van der Waals surface area contributed by atoms with Crippen LogP contribution in [0.5, 0.6) is 0 Å². The molecule has 106 valence electrons. The second kappa shape index (κ2) is 4.87. The maximum absolute atomic E-state index is 11.6. The van der Waals surface area contributed by atoms with E-state index in [0.717, 1.165) is 16.8 Å². The van der Waals surface area contributed by atoms with Crippen molar-refractivity contribution in [3.63, 3.8) is 0 Å². The van der Waals surface area contributed by atoms with Gasteiger partial charge in [0, 0.05) is 18.8 Å². The predicted octanol–water partition coefficient (Wildman–Crippen LogP) is -3.52. The van der Waals surface area contributed by atoms with Crippen molar-refractivity contribution >= 4 is 0 Å². The first-order valence-corrected chi connectivity index (χ1v) is 5.61. The van der Waals surface area contributed by atoms with E-state index in [-0.39, 0.29) is 6.54 Å². The Morgan fingerprint density at radius 3 is 2.63 bits per heavy atom. The molecule has 0 unspecified atom stereocenters. The number of hydrogen-bond acceptors (Lipinski definition) is 7. The molecule has 0 spiro atoms. The molecule has 0 amide bonds. The van der Waals surface area contributed by atoms with E-state index in [4.69, 9.17) is 10.5 Å². The fraction of sp³-hybridized carbons (Fsp3) is 0.600. The third-order valence-corrected chi connectivity index (χ3v) is 3.25. The molecule has 9 nitrogen and oxygen atoms in total. The molecule has 1 saturated heterocycles. The summed E-state index contributed by atoms with van der Waals surface area (Å²) in [5.41, 5.74) is 2.50. The van der Waals surface area contributed by atoms with E-state index in [1.807, 2.05) is 4.98 Å². The molecular weight excluding hydrogens is 258 g/mol. The molecule has 1 fully saturated rings. The average Bonchev–Trinajstić information content (AvgIpc) is 2.64. The lowest BCUT2D eigenvalue weighted by Crippen LogP contribution is -2.51. The lowest BCUT2D eigenvalue weighted by Gasteiger charge is -2.27. The van der Waals surface area contributed by atoms with Crippen LogP contribution in [0, 0.1) is 0 Å². The zero-order chi connectivity index (χ0) is 14.2. The smallest absolute Gasteiger partial charge is 0.330 e. The molecule has 4 atom stereocenters. The molecule has 0 saturated carbocycles. The molecule has 19 heavy (non-hydrogen) atoms. The molecule has 0 bridgehead atoms. The van der Waals surface area contributed by atoms with Crippen LogP contribution in [0.4, 0.5) is 0 Å². The molecule has 1 aromatic heterocycles. The van der Waals surface area contributed by atoms with Gasteiger partial charge in [-0.2, -0.15) is 0 Å². The number of nitrogens with one attached hydrogen (secondary N) is 1. The Hall–Kier alpha value is -1.52. The number of nitrogens with zero attached hydrogens (tertiary/aromatic N) is 1. The van der Waals surface area contributed by atoms with Gasteiger partial charge in [-0.05, 0) is 0 Å². The number of rotatable bonds is 3. The molecule has 0 aromatic carbocycles. The van der Waals surface area contributed by atoms with Gasteiger partial charge >= 0.3 is 5.69 Å². The molecule has 1 aliphatic heterocycles. The number of aromatic nitrogens is 2. The number of aliphatic hydroxyl groups is 3. The lowest BCUT2D eigenvalue weighted by atomic mass is 9.96. The highest BCUT2D eigenvalue weighted by Gasteiger charge is 2.54. The lowest BCUT2D eigenvalue weighted by molar-refractivity contribution is -0.123. The number of hydrogen-bond donors (Lipinski definition) is 5. The van der Waals surface area contributed by atoms with Crippen LogP contribution in [0.3, 0.4) is 0 Å². The van der Waals surface area contributed by atoms with Crippen LogP contribution in [-0.4, -0.2) is 55.8 Å². The quantitative estimate of drug-likeness (QED) is 0.383. The summed E-state index contributed by atoms with van der Waals surface area (Å²) in [5.74, 6) is 0. The van der Waals surface area contributed by atoms with Gasteiger partial charge in [0.05, 0.1) is 6.61 Å². The standard InChI is InChI=1S/C10H15N3O6/c11-3-10(4-14)7(17)6(16)8(19-10)13-2-1-5(15)12-9(13)18/h1-2,6-8,14,16-17H,3-4,11H2,(H,12,15,18)/t6-,7+,8-,10-/m1/s1.